The first-order chi connectivity index (χ1) is 12.5. The van der Waals surface area contributed by atoms with E-state index in [1.54, 1.807) is 12.1 Å². The van der Waals surface area contributed by atoms with Gasteiger partial charge in [-0.1, -0.05) is 23.2 Å². The van der Waals surface area contributed by atoms with Crippen LogP contribution in [0.25, 0.3) is 22.4 Å². The van der Waals surface area contributed by atoms with Crippen LogP contribution in [0.3, 0.4) is 0 Å². The average Bonchev–Trinajstić information content (AvgIpc) is 3.07. The van der Waals surface area contributed by atoms with Gasteiger partial charge in [0, 0.05) is 10.6 Å². The average molecular weight is 390 g/mol. The van der Waals surface area contributed by atoms with E-state index in [1.807, 2.05) is 0 Å². The Morgan fingerprint density at radius 3 is 2.69 bits per heavy atom. The predicted octanol–water partition coefficient (Wildman–Crippen LogP) is 4.55. The molecular weight excluding hydrogens is 380 g/mol. The predicted molar refractivity (Wildman–Crippen MR) is 97.0 cm³/mol. The molecule has 0 aliphatic carbocycles. The summed E-state index contributed by atoms with van der Waals surface area (Å²) in [5.41, 5.74) is 1.27. The van der Waals surface area contributed by atoms with E-state index in [0.717, 1.165) is 0 Å². The van der Waals surface area contributed by atoms with Crippen molar-refractivity contribution in [2.45, 2.75) is 6.54 Å². The van der Waals surface area contributed by atoms with Crippen LogP contribution >= 0.6 is 23.2 Å². The summed E-state index contributed by atoms with van der Waals surface area (Å²) < 4.78 is 19.8. The van der Waals surface area contributed by atoms with Gasteiger partial charge in [0.25, 0.3) is 5.56 Å². The second-order valence-electron chi connectivity index (χ2n) is 5.61. The first kappa shape index (κ1) is 16.8. The molecule has 26 heavy (non-hydrogen) atoms. The molecule has 0 bridgehead atoms. The highest BCUT2D eigenvalue weighted by Gasteiger charge is 2.12. The zero-order valence-electron chi connectivity index (χ0n) is 13.1. The topological polar surface area (TPSA) is 60.9 Å². The van der Waals surface area contributed by atoms with Crippen LogP contribution in [-0.4, -0.2) is 14.5 Å². The molecule has 2 aromatic heterocycles. The minimum Gasteiger partial charge on any atom is -0.444 e. The van der Waals surface area contributed by atoms with Gasteiger partial charge in [0.05, 0.1) is 34.5 Å². The van der Waals surface area contributed by atoms with Crippen LogP contribution in [0, 0.1) is 5.82 Å². The van der Waals surface area contributed by atoms with Gasteiger partial charge in [-0.15, -0.1) is 0 Å². The maximum absolute atomic E-state index is 13.0. The van der Waals surface area contributed by atoms with Crippen molar-refractivity contribution in [2.24, 2.45) is 0 Å². The van der Waals surface area contributed by atoms with Crippen molar-refractivity contribution in [3.8, 4) is 11.5 Å². The highest BCUT2D eigenvalue weighted by Crippen LogP contribution is 2.24. The Bertz CT molecular complexity index is 1170. The van der Waals surface area contributed by atoms with Crippen LogP contribution in [0.15, 0.2) is 58.2 Å². The Balaban J connectivity index is 1.69. The highest BCUT2D eigenvalue weighted by atomic mass is 35.5. The summed E-state index contributed by atoms with van der Waals surface area (Å²) in [7, 11) is 0. The molecule has 0 saturated carbocycles. The Kier molecular flexibility index (Phi) is 4.22. The number of rotatable bonds is 3. The number of hydrogen-bond donors (Lipinski definition) is 0. The zero-order valence-corrected chi connectivity index (χ0v) is 14.6. The third kappa shape index (κ3) is 3.09. The summed E-state index contributed by atoms with van der Waals surface area (Å²) >= 11 is 12.1. The monoisotopic (exact) mass is 389 g/mol. The van der Waals surface area contributed by atoms with E-state index >= 15 is 0 Å². The molecule has 0 radical (unpaired) electrons. The number of hydrogen-bond acceptors (Lipinski definition) is 4. The first-order valence-electron chi connectivity index (χ1n) is 7.56. The minimum absolute atomic E-state index is 0.163. The number of oxazole rings is 1. The molecule has 0 saturated heterocycles. The van der Waals surface area contributed by atoms with E-state index in [1.165, 1.54) is 41.4 Å². The van der Waals surface area contributed by atoms with Crippen molar-refractivity contribution >= 4 is 34.1 Å². The summed E-state index contributed by atoms with van der Waals surface area (Å²) in [5.74, 6) is -0.000437. The molecule has 0 aliphatic heterocycles. The van der Waals surface area contributed by atoms with Crippen molar-refractivity contribution in [1.29, 1.82) is 0 Å². The molecule has 8 heteroatoms. The molecule has 0 spiro atoms. The van der Waals surface area contributed by atoms with Gasteiger partial charge in [-0.05, 0) is 36.4 Å². The normalized spacial score (nSPS) is 11.2. The fraction of sp³-hybridized carbons (Fsp3) is 0.0556. The van der Waals surface area contributed by atoms with Crippen LogP contribution in [0.2, 0.25) is 10.0 Å². The van der Waals surface area contributed by atoms with E-state index < -0.39 is 0 Å². The number of benzene rings is 2. The number of fused-ring (bicyclic) bond motifs is 1. The van der Waals surface area contributed by atoms with Gasteiger partial charge in [-0.3, -0.25) is 9.36 Å². The zero-order chi connectivity index (χ0) is 18.3. The molecule has 2 aromatic carbocycles. The van der Waals surface area contributed by atoms with E-state index in [4.69, 9.17) is 27.6 Å². The summed E-state index contributed by atoms with van der Waals surface area (Å²) in [5, 5.41) is 1.00. The Labute approximate surface area is 156 Å². The fourth-order valence-electron chi connectivity index (χ4n) is 2.59. The maximum atomic E-state index is 13.0. The molecule has 0 aliphatic rings. The fourth-order valence-corrected chi connectivity index (χ4v) is 3.13. The molecule has 0 atom stereocenters. The lowest BCUT2D eigenvalue weighted by Gasteiger charge is -2.06. The largest absolute Gasteiger partial charge is 0.444 e. The third-order valence-electron chi connectivity index (χ3n) is 3.82. The van der Waals surface area contributed by atoms with Gasteiger partial charge in [0.15, 0.2) is 0 Å². The van der Waals surface area contributed by atoms with Crippen LogP contribution in [-0.2, 0) is 6.54 Å². The number of nitrogens with zero attached hydrogens (tertiary/aromatic N) is 3. The van der Waals surface area contributed by atoms with E-state index in [2.05, 4.69) is 9.97 Å². The van der Waals surface area contributed by atoms with Gasteiger partial charge < -0.3 is 4.42 Å². The highest BCUT2D eigenvalue weighted by molar-refractivity contribution is 6.38. The van der Waals surface area contributed by atoms with Gasteiger partial charge in [-0.25, -0.2) is 14.4 Å². The van der Waals surface area contributed by atoms with Crippen molar-refractivity contribution in [3.63, 3.8) is 0 Å². The van der Waals surface area contributed by atoms with E-state index in [0.29, 0.717) is 38.1 Å². The Morgan fingerprint density at radius 2 is 1.92 bits per heavy atom. The van der Waals surface area contributed by atoms with Crippen LogP contribution in [0.1, 0.15) is 5.69 Å². The SMILES string of the molecule is O=c1c2cc(Cl)cc(Cl)c2ncn1Cc1coc(-c2ccc(F)cc2)n1. The van der Waals surface area contributed by atoms with Crippen molar-refractivity contribution in [3.05, 3.63) is 80.9 Å². The molecule has 2 heterocycles. The number of aromatic nitrogens is 3. The maximum Gasteiger partial charge on any atom is 0.261 e. The van der Waals surface area contributed by atoms with Gasteiger partial charge in [0.2, 0.25) is 5.89 Å². The van der Waals surface area contributed by atoms with Gasteiger partial charge in [0.1, 0.15) is 12.1 Å². The lowest BCUT2D eigenvalue weighted by Crippen LogP contribution is -2.21. The molecule has 4 rings (SSSR count). The smallest absolute Gasteiger partial charge is 0.261 e. The van der Waals surface area contributed by atoms with Crippen LogP contribution < -0.4 is 5.56 Å². The van der Waals surface area contributed by atoms with Crippen LogP contribution in [0.5, 0.6) is 0 Å². The van der Waals surface area contributed by atoms with Gasteiger partial charge in [-0.2, -0.15) is 0 Å². The van der Waals surface area contributed by atoms with Crippen LogP contribution in [0.4, 0.5) is 4.39 Å². The van der Waals surface area contributed by atoms with Crippen molar-refractivity contribution in [1.82, 2.24) is 14.5 Å². The molecule has 0 unspecified atom stereocenters. The van der Waals surface area contributed by atoms with E-state index in [-0.39, 0.29) is 17.9 Å². The molecule has 130 valence electrons. The summed E-state index contributed by atoms with van der Waals surface area (Å²) in [4.78, 5) is 21.2. The van der Waals surface area contributed by atoms with Crippen molar-refractivity contribution in [2.75, 3.05) is 0 Å². The standard InChI is InChI=1S/C18H10Cl2FN3O2/c19-11-5-14-16(15(20)6-11)22-9-24(18(14)25)7-13-8-26-17(23-13)10-1-3-12(21)4-2-10/h1-6,8-9H,7H2. The van der Waals surface area contributed by atoms with E-state index in [9.17, 15) is 9.18 Å². The lowest BCUT2D eigenvalue weighted by molar-refractivity contribution is 0.570. The van der Waals surface area contributed by atoms with Gasteiger partial charge >= 0.3 is 0 Å². The Morgan fingerprint density at radius 1 is 1.15 bits per heavy atom. The minimum atomic E-state index is -0.341. The third-order valence-corrected chi connectivity index (χ3v) is 4.33. The Hall–Kier alpha value is -2.70. The molecule has 0 N–H and O–H groups in total. The molecule has 4 aromatic rings. The molecular formula is C18H10Cl2FN3O2. The first-order valence-corrected chi connectivity index (χ1v) is 8.31. The quantitative estimate of drug-likeness (QED) is 0.515. The second-order valence-corrected chi connectivity index (χ2v) is 6.46. The molecule has 0 amide bonds. The molecule has 5 nitrogen and oxygen atoms in total. The van der Waals surface area contributed by atoms with Crippen molar-refractivity contribution < 1.29 is 8.81 Å². The number of halogens is 3. The lowest BCUT2D eigenvalue weighted by atomic mass is 10.2. The molecule has 0 fully saturated rings. The summed E-state index contributed by atoms with van der Waals surface area (Å²) in [6.07, 6.45) is 2.84. The summed E-state index contributed by atoms with van der Waals surface area (Å²) in [6.45, 7) is 0.163. The summed E-state index contributed by atoms with van der Waals surface area (Å²) in [6, 6.07) is 8.85. The second kappa shape index (κ2) is 6.55.